The Bertz CT molecular complexity index is 1370. The third-order valence-corrected chi connectivity index (χ3v) is 10.8. The number of rotatable bonds is 2. The minimum absolute atomic E-state index is 0.0989. The van der Waals surface area contributed by atoms with Gasteiger partial charge in [-0.25, -0.2) is 10.1 Å². The van der Waals surface area contributed by atoms with Crippen molar-refractivity contribution in [2.24, 2.45) is 17.3 Å². The second-order valence-electron chi connectivity index (χ2n) is 14.4. The van der Waals surface area contributed by atoms with Gasteiger partial charge in [0, 0.05) is 24.2 Å². The molecule has 0 saturated heterocycles. The summed E-state index contributed by atoms with van der Waals surface area (Å²) in [6.07, 6.45) is 18.5. The molecule has 4 nitrogen and oxygen atoms in total. The minimum Gasteiger partial charge on any atom is -0.461 e. The SMILES string of the molecule is [C-]#[N+]/C(C#N)=C1C=C(/C=C/c2cc3c4c(c2)C2(C)CCCCC2CN4CC2CCCCC32C)OC(C(C)(C)C)=C\1. The van der Waals surface area contributed by atoms with Gasteiger partial charge in [-0.3, -0.25) is 0 Å². The first-order valence-electron chi connectivity index (χ1n) is 15.3. The highest BCUT2D eigenvalue weighted by molar-refractivity contribution is 5.73. The van der Waals surface area contributed by atoms with E-state index in [-0.39, 0.29) is 21.9 Å². The van der Waals surface area contributed by atoms with Gasteiger partial charge in [0.15, 0.2) is 0 Å². The Kier molecular flexibility index (Phi) is 6.53. The molecule has 0 N–H and O–H groups in total. The van der Waals surface area contributed by atoms with Gasteiger partial charge in [-0.05, 0) is 101 Å². The Labute approximate surface area is 240 Å². The molecule has 40 heavy (non-hydrogen) atoms. The lowest BCUT2D eigenvalue weighted by Gasteiger charge is -2.58. The fourth-order valence-corrected chi connectivity index (χ4v) is 8.30. The van der Waals surface area contributed by atoms with Gasteiger partial charge in [-0.2, -0.15) is 0 Å². The maximum absolute atomic E-state index is 9.55. The van der Waals surface area contributed by atoms with Crippen LogP contribution in [0.15, 0.2) is 53.1 Å². The maximum Gasteiger partial charge on any atom is 0.269 e. The van der Waals surface area contributed by atoms with E-state index in [1.807, 2.05) is 18.2 Å². The van der Waals surface area contributed by atoms with E-state index in [9.17, 15) is 5.26 Å². The van der Waals surface area contributed by atoms with Gasteiger partial charge in [0.2, 0.25) is 0 Å². The van der Waals surface area contributed by atoms with Gasteiger partial charge in [-0.1, -0.05) is 66.4 Å². The zero-order valence-corrected chi connectivity index (χ0v) is 24.9. The van der Waals surface area contributed by atoms with Crippen molar-refractivity contribution in [1.82, 2.24) is 0 Å². The van der Waals surface area contributed by atoms with Gasteiger partial charge in [-0.15, -0.1) is 0 Å². The number of ether oxygens (including phenoxy) is 1. The van der Waals surface area contributed by atoms with E-state index in [1.165, 1.54) is 70.0 Å². The van der Waals surface area contributed by atoms with Gasteiger partial charge in [0.25, 0.3) is 5.70 Å². The lowest BCUT2D eigenvalue weighted by molar-refractivity contribution is 0.161. The smallest absolute Gasteiger partial charge is 0.269 e. The van der Waals surface area contributed by atoms with Crippen LogP contribution in [0.3, 0.4) is 0 Å². The molecule has 0 radical (unpaired) electrons. The third kappa shape index (κ3) is 4.32. The summed E-state index contributed by atoms with van der Waals surface area (Å²) in [6, 6.07) is 7.02. The molecule has 0 aromatic heterocycles. The molecule has 5 aliphatic rings. The maximum atomic E-state index is 9.55. The predicted octanol–water partition coefficient (Wildman–Crippen LogP) is 8.97. The van der Waals surface area contributed by atoms with E-state index in [1.54, 1.807) is 16.8 Å². The number of hydrogen-bond acceptors (Lipinski definition) is 3. The van der Waals surface area contributed by atoms with Crippen LogP contribution in [0, 0.1) is 35.2 Å². The van der Waals surface area contributed by atoms with Crippen molar-refractivity contribution in [3.63, 3.8) is 0 Å². The van der Waals surface area contributed by atoms with Gasteiger partial charge in [0.05, 0.1) is 12.6 Å². The molecule has 208 valence electrons. The molecule has 0 bridgehead atoms. The second-order valence-corrected chi connectivity index (χ2v) is 14.4. The van der Waals surface area contributed by atoms with Crippen molar-refractivity contribution in [2.75, 3.05) is 18.0 Å². The zero-order valence-electron chi connectivity index (χ0n) is 24.9. The number of fused-ring (bicyclic) bond motifs is 4. The van der Waals surface area contributed by atoms with Gasteiger partial charge < -0.3 is 9.64 Å². The highest BCUT2D eigenvalue weighted by atomic mass is 16.5. The number of nitriles is 1. The minimum atomic E-state index is -0.240. The average Bonchev–Trinajstić information content (AvgIpc) is 2.93. The Morgan fingerprint density at radius 2 is 1.60 bits per heavy atom. The van der Waals surface area contributed by atoms with Crippen LogP contribution < -0.4 is 4.90 Å². The van der Waals surface area contributed by atoms with E-state index >= 15 is 0 Å². The molecule has 2 fully saturated rings. The van der Waals surface area contributed by atoms with Crippen LogP contribution in [0.1, 0.15) is 103 Å². The number of anilines is 1. The van der Waals surface area contributed by atoms with Crippen molar-refractivity contribution < 1.29 is 4.74 Å². The molecule has 4 heteroatoms. The summed E-state index contributed by atoms with van der Waals surface area (Å²) in [5, 5.41) is 9.55. The van der Waals surface area contributed by atoms with E-state index < -0.39 is 0 Å². The van der Waals surface area contributed by atoms with Gasteiger partial charge >= 0.3 is 0 Å². The van der Waals surface area contributed by atoms with Crippen molar-refractivity contribution in [3.8, 4) is 6.07 Å². The van der Waals surface area contributed by atoms with Crippen LogP contribution in [-0.4, -0.2) is 13.1 Å². The predicted molar refractivity (Wildman–Crippen MR) is 162 cm³/mol. The van der Waals surface area contributed by atoms with E-state index in [2.05, 4.69) is 68.6 Å². The molecule has 1 aromatic carbocycles. The third-order valence-electron chi connectivity index (χ3n) is 10.8. The first kappa shape index (κ1) is 27.0. The molecule has 0 amide bonds. The van der Waals surface area contributed by atoms with E-state index in [4.69, 9.17) is 11.3 Å². The summed E-state index contributed by atoms with van der Waals surface area (Å²) in [6.45, 7) is 21.3. The van der Waals surface area contributed by atoms with Crippen molar-refractivity contribution in [3.05, 3.63) is 81.3 Å². The van der Waals surface area contributed by atoms with Crippen LogP contribution in [-0.2, 0) is 15.6 Å². The Morgan fingerprint density at radius 3 is 2.12 bits per heavy atom. The molecule has 2 saturated carbocycles. The van der Waals surface area contributed by atoms with Crippen LogP contribution in [0.5, 0.6) is 0 Å². The van der Waals surface area contributed by atoms with Crippen LogP contribution in [0.4, 0.5) is 5.69 Å². The number of benzene rings is 1. The molecule has 6 rings (SSSR count). The fourth-order valence-electron chi connectivity index (χ4n) is 8.30. The topological polar surface area (TPSA) is 40.6 Å². The number of allylic oxidation sites excluding steroid dienone is 6. The van der Waals surface area contributed by atoms with Crippen LogP contribution in [0.2, 0.25) is 0 Å². The van der Waals surface area contributed by atoms with Crippen molar-refractivity contribution >= 4 is 11.8 Å². The number of hydrogen-bond donors (Lipinski definition) is 0. The summed E-state index contributed by atoms with van der Waals surface area (Å²) < 4.78 is 6.33. The summed E-state index contributed by atoms with van der Waals surface area (Å²) in [5.41, 5.74) is 6.89. The molecular weight excluding hydrogens is 490 g/mol. The summed E-state index contributed by atoms with van der Waals surface area (Å²) in [5.74, 6) is 2.90. The molecule has 2 aliphatic carbocycles. The Balaban J connectivity index is 1.46. The molecule has 1 aromatic rings. The van der Waals surface area contributed by atoms with Crippen LogP contribution >= 0.6 is 0 Å². The van der Waals surface area contributed by atoms with E-state index in [0.29, 0.717) is 11.3 Å². The molecule has 0 spiro atoms. The zero-order chi connectivity index (χ0) is 28.3. The highest BCUT2D eigenvalue weighted by Crippen LogP contribution is 2.58. The monoisotopic (exact) mass is 533 g/mol. The molecular formula is C36H43N3O. The van der Waals surface area contributed by atoms with Crippen molar-refractivity contribution in [1.29, 1.82) is 5.26 Å². The lowest BCUT2D eigenvalue weighted by atomic mass is 9.56. The standard InChI is InChI=1S/C36H43N3O/c1-34(2,3)32-20-25(31(21-37)38-6)19-28(40-32)14-13-24-17-29-33-30(18-24)36(5)16-10-8-12-27(36)23-39(33)22-26-11-7-9-15-35(26,29)4/h13-14,17-20,26-27H,7-12,15-16,22-23H2,1-5H3/b14-13+,31-25+. The summed E-state index contributed by atoms with van der Waals surface area (Å²) in [4.78, 5) is 6.25. The van der Waals surface area contributed by atoms with Crippen molar-refractivity contribution in [2.45, 2.75) is 96.8 Å². The first-order chi connectivity index (χ1) is 19.1. The normalized spacial score (nSPS) is 32.4. The number of nitrogens with zero attached hydrogens (tertiary/aromatic N) is 3. The highest BCUT2D eigenvalue weighted by Gasteiger charge is 2.51. The van der Waals surface area contributed by atoms with Crippen LogP contribution in [0.25, 0.3) is 10.9 Å². The summed E-state index contributed by atoms with van der Waals surface area (Å²) >= 11 is 0. The average molecular weight is 534 g/mol. The first-order valence-corrected chi connectivity index (χ1v) is 15.3. The quantitative estimate of drug-likeness (QED) is 0.281. The second kappa shape index (κ2) is 9.69. The molecule has 4 unspecified atom stereocenters. The van der Waals surface area contributed by atoms with E-state index in [0.717, 1.165) is 17.6 Å². The Hall–Kier alpha value is -3.24. The van der Waals surface area contributed by atoms with Gasteiger partial charge in [0.1, 0.15) is 11.5 Å². The lowest BCUT2D eigenvalue weighted by Crippen LogP contribution is -2.55. The Morgan fingerprint density at radius 1 is 1.00 bits per heavy atom. The largest absolute Gasteiger partial charge is 0.461 e. The molecule has 3 heterocycles. The molecule has 3 aliphatic heterocycles. The summed E-state index contributed by atoms with van der Waals surface area (Å²) in [7, 11) is 0. The molecule has 4 atom stereocenters. The fraction of sp³-hybridized carbons (Fsp3) is 0.556.